The molecule has 0 unspecified atom stereocenters. The van der Waals surface area contributed by atoms with E-state index in [0.29, 0.717) is 24.7 Å². The number of likely N-dealkylation sites (N-methyl/N-ethyl adjacent to an activating group) is 1. The molecule has 1 aromatic rings. The van der Waals surface area contributed by atoms with E-state index in [4.69, 9.17) is 15.2 Å². The first kappa shape index (κ1) is 27.0. The summed E-state index contributed by atoms with van der Waals surface area (Å²) >= 11 is 0. The smallest absolute Gasteiger partial charge is 0.237 e. The number of carbonyl (C=O) groups is 1. The van der Waals surface area contributed by atoms with E-state index in [1.807, 2.05) is 53.1 Å². The third-order valence-electron chi connectivity index (χ3n) is 3.71. The van der Waals surface area contributed by atoms with Gasteiger partial charge in [-0.05, 0) is 37.2 Å². The van der Waals surface area contributed by atoms with Gasteiger partial charge in [0.1, 0.15) is 6.61 Å². The minimum Gasteiger partial charge on any atom is -0.493 e. The number of nitrogens with one attached hydrogen (secondary N) is 1. The van der Waals surface area contributed by atoms with Crippen LogP contribution in [0.25, 0.3) is 0 Å². The van der Waals surface area contributed by atoms with Crippen molar-refractivity contribution in [2.24, 2.45) is 11.1 Å². The Morgan fingerprint density at radius 3 is 2.35 bits per heavy atom. The predicted octanol–water partition coefficient (Wildman–Crippen LogP) is 2.47. The molecule has 0 aliphatic carbocycles. The summed E-state index contributed by atoms with van der Waals surface area (Å²) in [6.07, 6.45) is 0. The number of hydrogen-bond donors (Lipinski definition) is 2. The van der Waals surface area contributed by atoms with E-state index in [9.17, 15) is 4.79 Å². The quantitative estimate of drug-likeness (QED) is 0.689. The Kier molecular flexibility index (Phi) is 12.7. The van der Waals surface area contributed by atoms with Gasteiger partial charge in [-0.15, -0.1) is 24.8 Å². The van der Waals surface area contributed by atoms with E-state index >= 15 is 0 Å². The van der Waals surface area contributed by atoms with Crippen molar-refractivity contribution < 1.29 is 14.3 Å². The van der Waals surface area contributed by atoms with Crippen molar-refractivity contribution >= 4 is 30.7 Å². The van der Waals surface area contributed by atoms with E-state index in [0.717, 1.165) is 12.1 Å². The molecule has 0 saturated heterocycles. The van der Waals surface area contributed by atoms with Gasteiger partial charge in [0.15, 0.2) is 11.5 Å². The Morgan fingerprint density at radius 2 is 1.85 bits per heavy atom. The van der Waals surface area contributed by atoms with Crippen molar-refractivity contribution in [1.29, 1.82) is 0 Å². The Hall–Kier alpha value is -1.21. The lowest BCUT2D eigenvalue weighted by atomic mass is 9.87. The van der Waals surface area contributed by atoms with Crippen LogP contribution in [0.5, 0.6) is 11.5 Å². The largest absolute Gasteiger partial charge is 0.493 e. The van der Waals surface area contributed by atoms with Crippen LogP contribution in [0.4, 0.5) is 0 Å². The van der Waals surface area contributed by atoms with Gasteiger partial charge in [0, 0.05) is 13.1 Å². The summed E-state index contributed by atoms with van der Waals surface area (Å²) in [6.45, 7) is 7.64. The average Bonchev–Trinajstić information content (AvgIpc) is 2.51. The van der Waals surface area contributed by atoms with Crippen molar-refractivity contribution in [3.63, 3.8) is 0 Å². The third-order valence-corrected chi connectivity index (χ3v) is 3.71. The number of halogens is 2. The molecular formula is C18H33Cl2N3O3. The second-order valence-corrected chi connectivity index (χ2v) is 7.20. The maximum atomic E-state index is 12.1. The summed E-state index contributed by atoms with van der Waals surface area (Å²) in [6, 6.07) is 5.09. The van der Waals surface area contributed by atoms with E-state index in [-0.39, 0.29) is 36.1 Å². The zero-order valence-electron chi connectivity index (χ0n) is 16.5. The molecule has 0 aliphatic rings. The molecule has 0 saturated carbocycles. The van der Waals surface area contributed by atoms with Crippen molar-refractivity contribution in [2.75, 3.05) is 34.4 Å². The second kappa shape index (κ2) is 12.2. The topological polar surface area (TPSA) is 76.8 Å². The molecule has 152 valence electrons. The second-order valence-electron chi connectivity index (χ2n) is 7.20. The number of nitrogens with two attached hydrogens (primary N) is 1. The highest BCUT2D eigenvalue weighted by Gasteiger charge is 2.27. The van der Waals surface area contributed by atoms with Gasteiger partial charge in [-0.1, -0.05) is 26.8 Å². The Balaban J connectivity index is 0. The lowest BCUT2D eigenvalue weighted by Gasteiger charge is -2.25. The highest BCUT2D eigenvalue weighted by atomic mass is 35.5. The number of nitrogens with zero attached hydrogens (tertiary/aromatic N) is 1. The molecule has 0 spiro atoms. The van der Waals surface area contributed by atoms with Crippen LogP contribution in [0.15, 0.2) is 18.2 Å². The maximum Gasteiger partial charge on any atom is 0.237 e. The van der Waals surface area contributed by atoms with E-state index in [1.54, 1.807) is 7.11 Å². The van der Waals surface area contributed by atoms with Crippen LogP contribution >= 0.6 is 24.8 Å². The Bertz CT molecular complexity index is 549. The van der Waals surface area contributed by atoms with Gasteiger partial charge < -0.3 is 25.4 Å². The van der Waals surface area contributed by atoms with Gasteiger partial charge in [-0.3, -0.25) is 4.79 Å². The third kappa shape index (κ3) is 8.94. The maximum absolute atomic E-state index is 12.1. The Labute approximate surface area is 169 Å². The fraction of sp³-hybridized carbons (Fsp3) is 0.611. The van der Waals surface area contributed by atoms with E-state index in [1.165, 1.54) is 0 Å². The zero-order chi connectivity index (χ0) is 18.3. The SMILES string of the molecule is COc1cc(CNC(=O)[C@@H](N)C(C)(C)C)ccc1OCCN(C)C.Cl.Cl. The van der Waals surface area contributed by atoms with Crippen LogP contribution in [0.3, 0.4) is 0 Å². The van der Waals surface area contributed by atoms with Gasteiger partial charge in [-0.25, -0.2) is 0 Å². The molecular weight excluding hydrogens is 377 g/mol. The van der Waals surface area contributed by atoms with Gasteiger partial charge in [0.2, 0.25) is 5.91 Å². The molecule has 0 radical (unpaired) electrons. The summed E-state index contributed by atoms with van der Waals surface area (Å²) in [7, 11) is 5.59. The number of rotatable bonds is 8. The average molecular weight is 410 g/mol. The van der Waals surface area contributed by atoms with Gasteiger partial charge in [0.05, 0.1) is 13.2 Å². The summed E-state index contributed by atoms with van der Waals surface area (Å²) < 4.78 is 11.1. The molecule has 0 aromatic heterocycles. The first-order valence-corrected chi connectivity index (χ1v) is 8.13. The molecule has 3 N–H and O–H groups in total. The van der Waals surface area contributed by atoms with E-state index < -0.39 is 6.04 Å². The summed E-state index contributed by atoms with van der Waals surface area (Å²) in [4.78, 5) is 14.1. The highest BCUT2D eigenvalue weighted by molar-refractivity contribution is 5.85. The molecule has 0 aliphatic heterocycles. The molecule has 1 amide bonds. The molecule has 0 heterocycles. The minimum atomic E-state index is -0.548. The first-order valence-electron chi connectivity index (χ1n) is 8.13. The van der Waals surface area contributed by atoms with Crippen LogP contribution in [0.1, 0.15) is 26.3 Å². The summed E-state index contributed by atoms with van der Waals surface area (Å²) in [5.41, 5.74) is 6.62. The lowest BCUT2D eigenvalue weighted by molar-refractivity contribution is -0.124. The summed E-state index contributed by atoms with van der Waals surface area (Å²) in [5.74, 6) is 1.19. The number of carbonyl (C=O) groups excluding carboxylic acids is 1. The molecule has 1 rings (SSSR count). The van der Waals surface area contributed by atoms with Gasteiger partial charge in [-0.2, -0.15) is 0 Å². The fourth-order valence-corrected chi connectivity index (χ4v) is 1.97. The van der Waals surface area contributed by atoms with Crippen LogP contribution in [-0.4, -0.2) is 51.2 Å². The number of hydrogen-bond acceptors (Lipinski definition) is 5. The zero-order valence-corrected chi connectivity index (χ0v) is 18.1. The molecule has 26 heavy (non-hydrogen) atoms. The number of amides is 1. The van der Waals surface area contributed by atoms with Crippen LogP contribution in [0.2, 0.25) is 0 Å². The number of ether oxygens (including phenoxy) is 2. The van der Waals surface area contributed by atoms with Crippen LogP contribution in [-0.2, 0) is 11.3 Å². The fourth-order valence-electron chi connectivity index (χ4n) is 1.97. The highest BCUT2D eigenvalue weighted by Crippen LogP contribution is 2.28. The molecule has 8 heteroatoms. The van der Waals surface area contributed by atoms with E-state index in [2.05, 4.69) is 10.2 Å². The van der Waals surface area contributed by atoms with Crippen LogP contribution < -0.4 is 20.5 Å². The lowest BCUT2D eigenvalue weighted by Crippen LogP contribution is -2.48. The van der Waals surface area contributed by atoms with Crippen molar-refractivity contribution in [2.45, 2.75) is 33.4 Å². The van der Waals surface area contributed by atoms with Crippen molar-refractivity contribution in [3.05, 3.63) is 23.8 Å². The normalized spacial score (nSPS) is 11.8. The van der Waals surface area contributed by atoms with Gasteiger partial charge in [0.25, 0.3) is 0 Å². The molecule has 1 atom stereocenters. The molecule has 0 fully saturated rings. The minimum absolute atomic E-state index is 0. The van der Waals surface area contributed by atoms with Crippen molar-refractivity contribution in [3.8, 4) is 11.5 Å². The van der Waals surface area contributed by atoms with Crippen molar-refractivity contribution in [1.82, 2.24) is 10.2 Å². The monoisotopic (exact) mass is 409 g/mol. The standard InChI is InChI=1S/C18H31N3O3.2ClH/c1-18(2,3)16(19)17(22)20-12-13-7-8-14(15(11-13)23-6)24-10-9-21(4)5;;/h7-8,11,16H,9-10,12,19H2,1-6H3,(H,20,22);2*1H/t16-;;/m1../s1. The van der Waals surface area contributed by atoms with Gasteiger partial charge >= 0.3 is 0 Å². The Morgan fingerprint density at radius 1 is 1.23 bits per heavy atom. The summed E-state index contributed by atoms with van der Waals surface area (Å²) in [5, 5.41) is 2.87. The predicted molar refractivity (Wildman–Crippen MR) is 111 cm³/mol. The molecule has 1 aromatic carbocycles. The number of benzene rings is 1. The molecule has 6 nitrogen and oxygen atoms in total. The molecule has 0 bridgehead atoms. The number of methoxy groups -OCH3 is 1. The van der Waals surface area contributed by atoms with Crippen LogP contribution in [0, 0.1) is 5.41 Å². The first-order chi connectivity index (χ1) is 11.1.